The van der Waals surface area contributed by atoms with Crippen LogP contribution in [0.5, 0.6) is 0 Å². The maximum atomic E-state index is 12.6. The molecule has 30 heavy (non-hydrogen) atoms. The molecule has 0 aliphatic heterocycles. The highest BCUT2D eigenvalue weighted by Gasteiger charge is 2.18. The summed E-state index contributed by atoms with van der Waals surface area (Å²) in [5, 5.41) is 4.20. The van der Waals surface area contributed by atoms with E-state index in [0.29, 0.717) is 24.3 Å². The molecule has 0 spiro atoms. The van der Waals surface area contributed by atoms with E-state index in [1.807, 2.05) is 50.2 Å². The number of esters is 1. The minimum absolute atomic E-state index is 0.217. The van der Waals surface area contributed by atoms with Crippen LogP contribution < -0.4 is 0 Å². The Bertz CT molecular complexity index is 1000. The molecule has 0 radical (unpaired) electrons. The van der Waals surface area contributed by atoms with Crippen LogP contribution in [0.1, 0.15) is 44.1 Å². The second kappa shape index (κ2) is 10.0. The van der Waals surface area contributed by atoms with Crippen molar-refractivity contribution < 1.29 is 19.1 Å². The van der Waals surface area contributed by atoms with Gasteiger partial charge >= 0.3 is 5.97 Å². The van der Waals surface area contributed by atoms with Gasteiger partial charge in [0.15, 0.2) is 6.61 Å². The maximum Gasteiger partial charge on any atom is 0.341 e. The molecular formula is C23H27N3O4. The van der Waals surface area contributed by atoms with Crippen LogP contribution in [0, 0.1) is 13.8 Å². The summed E-state index contributed by atoms with van der Waals surface area (Å²) in [6.45, 7) is 5.56. The van der Waals surface area contributed by atoms with Crippen LogP contribution in [0.25, 0.3) is 0 Å². The molecular weight excluding hydrogens is 382 g/mol. The first-order valence-electron chi connectivity index (χ1n) is 9.92. The van der Waals surface area contributed by atoms with E-state index in [4.69, 9.17) is 9.47 Å². The number of aromatic nitrogens is 3. The number of ether oxygens (including phenoxy) is 2. The van der Waals surface area contributed by atoms with Gasteiger partial charge in [-0.05, 0) is 31.9 Å². The van der Waals surface area contributed by atoms with Gasteiger partial charge in [0.25, 0.3) is 0 Å². The predicted molar refractivity (Wildman–Crippen MR) is 113 cm³/mol. The Morgan fingerprint density at radius 2 is 1.90 bits per heavy atom. The summed E-state index contributed by atoms with van der Waals surface area (Å²) in [7, 11) is 1.67. The molecule has 0 aliphatic rings. The van der Waals surface area contributed by atoms with Crippen molar-refractivity contribution in [2.75, 3.05) is 20.3 Å². The molecule has 0 amide bonds. The number of hydrogen-bond donors (Lipinski definition) is 0. The lowest BCUT2D eigenvalue weighted by Gasteiger charge is -2.09. The highest BCUT2D eigenvalue weighted by Crippen LogP contribution is 2.17. The summed E-state index contributed by atoms with van der Waals surface area (Å²) in [5.41, 5.74) is 3.86. The van der Waals surface area contributed by atoms with Crippen LogP contribution in [0.4, 0.5) is 0 Å². The molecule has 0 aliphatic carbocycles. The number of hydrogen-bond acceptors (Lipinski definition) is 5. The monoisotopic (exact) mass is 409 g/mol. The fourth-order valence-corrected chi connectivity index (χ4v) is 3.41. The number of carbonyl (C=O) groups excluding carboxylic acids is 2. The molecule has 0 N–H and O–H groups in total. The van der Waals surface area contributed by atoms with Gasteiger partial charge in [0, 0.05) is 43.4 Å². The fraction of sp³-hybridized carbons (Fsp3) is 0.348. The van der Waals surface area contributed by atoms with Gasteiger partial charge in [-0.2, -0.15) is 5.10 Å². The van der Waals surface area contributed by atoms with E-state index in [1.165, 1.54) is 6.20 Å². The number of ketones is 1. The van der Waals surface area contributed by atoms with Crippen molar-refractivity contribution >= 4 is 11.8 Å². The number of rotatable bonds is 10. The Morgan fingerprint density at radius 1 is 1.13 bits per heavy atom. The van der Waals surface area contributed by atoms with Crippen LogP contribution in [-0.2, 0) is 22.6 Å². The number of benzene rings is 1. The van der Waals surface area contributed by atoms with E-state index in [0.717, 1.165) is 29.9 Å². The SMILES string of the molecule is COCCCn1c(C)cc(C(=O)COC(=O)c2cnn(Cc3ccccc3)c2)c1C. The molecule has 2 aromatic heterocycles. The Hall–Kier alpha value is -3.19. The van der Waals surface area contributed by atoms with Crippen LogP contribution in [0.2, 0.25) is 0 Å². The maximum absolute atomic E-state index is 12.6. The van der Waals surface area contributed by atoms with Crippen LogP contribution in [-0.4, -0.2) is 46.4 Å². The molecule has 0 atom stereocenters. The van der Waals surface area contributed by atoms with Gasteiger partial charge in [0.2, 0.25) is 5.78 Å². The Kier molecular flexibility index (Phi) is 7.19. The largest absolute Gasteiger partial charge is 0.454 e. The van der Waals surface area contributed by atoms with Crippen molar-refractivity contribution in [3.63, 3.8) is 0 Å². The predicted octanol–water partition coefficient (Wildman–Crippen LogP) is 3.43. The van der Waals surface area contributed by atoms with Crippen LogP contribution in [0.3, 0.4) is 0 Å². The molecule has 7 nitrogen and oxygen atoms in total. The molecule has 3 aromatic rings. The lowest BCUT2D eigenvalue weighted by Crippen LogP contribution is -2.15. The van der Waals surface area contributed by atoms with Crippen molar-refractivity contribution in [2.45, 2.75) is 33.4 Å². The quantitative estimate of drug-likeness (QED) is 0.291. The fourth-order valence-electron chi connectivity index (χ4n) is 3.41. The molecule has 2 heterocycles. The number of methoxy groups -OCH3 is 1. The summed E-state index contributed by atoms with van der Waals surface area (Å²) in [5.74, 6) is -0.775. The van der Waals surface area contributed by atoms with Crippen molar-refractivity contribution in [3.8, 4) is 0 Å². The zero-order valence-corrected chi connectivity index (χ0v) is 17.6. The topological polar surface area (TPSA) is 75.3 Å². The Morgan fingerprint density at radius 3 is 2.63 bits per heavy atom. The molecule has 0 bridgehead atoms. The highest BCUT2D eigenvalue weighted by atomic mass is 16.5. The van der Waals surface area contributed by atoms with E-state index >= 15 is 0 Å². The summed E-state index contributed by atoms with van der Waals surface area (Å²) >= 11 is 0. The molecule has 0 fully saturated rings. The van der Waals surface area contributed by atoms with Gasteiger partial charge in [-0.15, -0.1) is 0 Å². The molecule has 158 valence electrons. The molecule has 0 saturated carbocycles. The van der Waals surface area contributed by atoms with Gasteiger partial charge in [-0.3, -0.25) is 9.48 Å². The molecule has 7 heteroatoms. The van der Waals surface area contributed by atoms with E-state index in [9.17, 15) is 9.59 Å². The normalized spacial score (nSPS) is 10.9. The standard InChI is InChI=1S/C23H27N3O4/c1-17-12-21(18(2)26(17)10-7-11-29-3)22(27)16-30-23(28)20-13-24-25(15-20)14-19-8-5-4-6-9-19/h4-6,8-9,12-13,15H,7,10-11,14,16H2,1-3H3. The highest BCUT2D eigenvalue weighted by molar-refractivity contribution is 6.00. The smallest absolute Gasteiger partial charge is 0.341 e. The summed E-state index contributed by atoms with van der Waals surface area (Å²) in [6, 6.07) is 11.7. The molecule has 3 rings (SSSR count). The third kappa shape index (κ3) is 5.24. The summed E-state index contributed by atoms with van der Waals surface area (Å²) in [6.07, 6.45) is 3.95. The van der Waals surface area contributed by atoms with Crippen molar-refractivity contribution in [1.29, 1.82) is 0 Å². The van der Waals surface area contributed by atoms with Gasteiger partial charge in [-0.1, -0.05) is 30.3 Å². The van der Waals surface area contributed by atoms with Crippen LogP contribution >= 0.6 is 0 Å². The van der Waals surface area contributed by atoms with E-state index in [2.05, 4.69) is 9.67 Å². The summed E-state index contributed by atoms with van der Waals surface area (Å²) in [4.78, 5) is 24.9. The second-order valence-electron chi connectivity index (χ2n) is 7.19. The molecule has 1 aromatic carbocycles. The number of aryl methyl sites for hydroxylation is 1. The minimum Gasteiger partial charge on any atom is -0.454 e. The lowest BCUT2D eigenvalue weighted by atomic mass is 10.1. The van der Waals surface area contributed by atoms with E-state index in [-0.39, 0.29) is 12.4 Å². The number of nitrogens with zero attached hydrogens (tertiary/aromatic N) is 3. The zero-order chi connectivity index (χ0) is 21.5. The Labute approximate surface area is 176 Å². The zero-order valence-electron chi connectivity index (χ0n) is 17.6. The van der Waals surface area contributed by atoms with Crippen molar-refractivity contribution in [1.82, 2.24) is 14.3 Å². The van der Waals surface area contributed by atoms with Crippen molar-refractivity contribution in [2.24, 2.45) is 0 Å². The van der Waals surface area contributed by atoms with Gasteiger partial charge in [0.05, 0.1) is 18.3 Å². The van der Waals surface area contributed by atoms with Crippen LogP contribution in [0.15, 0.2) is 48.8 Å². The van der Waals surface area contributed by atoms with E-state index in [1.54, 1.807) is 18.0 Å². The van der Waals surface area contributed by atoms with Crippen molar-refractivity contribution in [3.05, 3.63) is 76.9 Å². The average Bonchev–Trinajstić information content (AvgIpc) is 3.32. The third-order valence-corrected chi connectivity index (χ3v) is 4.99. The number of carbonyl (C=O) groups is 2. The van der Waals surface area contributed by atoms with E-state index < -0.39 is 5.97 Å². The number of Topliss-reactive ketones (excluding diaryl/α,β-unsaturated/α-hetero) is 1. The first kappa shape index (κ1) is 21.5. The van der Waals surface area contributed by atoms with Gasteiger partial charge in [-0.25, -0.2) is 4.79 Å². The minimum atomic E-state index is -0.559. The average molecular weight is 409 g/mol. The third-order valence-electron chi connectivity index (χ3n) is 4.99. The first-order valence-corrected chi connectivity index (χ1v) is 9.92. The molecule has 0 saturated heterocycles. The summed E-state index contributed by atoms with van der Waals surface area (Å²) < 4.78 is 14.1. The van der Waals surface area contributed by atoms with Gasteiger partial charge < -0.3 is 14.0 Å². The van der Waals surface area contributed by atoms with Gasteiger partial charge in [0.1, 0.15) is 0 Å². The lowest BCUT2D eigenvalue weighted by molar-refractivity contribution is 0.0474. The molecule has 0 unspecified atom stereocenters. The first-order chi connectivity index (χ1) is 14.5. The second-order valence-corrected chi connectivity index (χ2v) is 7.19. The Balaban J connectivity index is 1.57.